The van der Waals surface area contributed by atoms with Gasteiger partial charge in [-0.2, -0.15) is 0 Å². The first-order chi connectivity index (χ1) is 13.2. The van der Waals surface area contributed by atoms with Crippen LogP contribution in [0.3, 0.4) is 0 Å². The smallest absolute Gasteiger partial charge is 0.251 e. The molecule has 1 aromatic carbocycles. The summed E-state index contributed by atoms with van der Waals surface area (Å²) in [5, 5.41) is 10.4. The van der Waals surface area contributed by atoms with E-state index in [2.05, 4.69) is 15.6 Å². The van der Waals surface area contributed by atoms with Gasteiger partial charge in [0, 0.05) is 23.9 Å². The number of nitrogens with one attached hydrogen (secondary N) is 2. The molecule has 0 aliphatic heterocycles. The second-order valence-electron chi connectivity index (χ2n) is 6.00. The van der Waals surface area contributed by atoms with Crippen molar-refractivity contribution in [3.05, 3.63) is 58.8 Å². The molecule has 0 spiro atoms. The van der Waals surface area contributed by atoms with Crippen LogP contribution >= 0.6 is 22.7 Å². The van der Waals surface area contributed by atoms with Gasteiger partial charge in [-0.05, 0) is 36.4 Å². The summed E-state index contributed by atoms with van der Waals surface area (Å²) in [5.74, 6) is -0.0749. The Morgan fingerprint density at radius 2 is 1.81 bits per heavy atom. The largest absolute Gasteiger partial charge is 0.352 e. The fourth-order valence-electron chi connectivity index (χ4n) is 2.53. The monoisotopic (exact) mass is 399 g/mol. The van der Waals surface area contributed by atoms with Gasteiger partial charge in [0.25, 0.3) is 5.91 Å². The summed E-state index contributed by atoms with van der Waals surface area (Å²) in [6.07, 6.45) is 2.99. The van der Waals surface area contributed by atoms with Gasteiger partial charge in [0.1, 0.15) is 0 Å². The molecule has 0 bridgehead atoms. The van der Waals surface area contributed by atoms with E-state index in [4.69, 9.17) is 0 Å². The standard InChI is InChI=1S/C20H21N3O2S2/c24-18(23-20-22-16(14-27-20)17-10-7-13-26-17)11-5-2-6-12-21-19(25)15-8-3-1-4-9-15/h1,3-4,7-10,13-14H,2,5-6,11-12H2,(H,21,25)(H,22,23,24). The van der Waals surface area contributed by atoms with Crippen molar-refractivity contribution in [3.8, 4) is 10.6 Å². The molecule has 2 amide bonds. The summed E-state index contributed by atoms with van der Waals surface area (Å²) >= 11 is 3.07. The van der Waals surface area contributed by atoms with E-state index in [-0.39, 0.29) is 11.8 Å². The van der Waals surface area contributed by atoms with E-state index in [0.717, 1.165) is 29.8 Å². The number of carbonyl (C=O) groups is 2. The fraction of sp³-hybridized carbons (Fsp3) is 0.250. The van der Waals surface area contributed by atoms with Crippen LogP contribution in [-0.2, 0) is 4.79 Å². The average molecular weight is 400 g/mol. The second kappa shape index (κ2) is 9.99. The molecule has 7 heteroatoms. The van der Waals surface area contributed by atoms with Gasteiger partial charge in [-0.15, -0.1) is 22.7 Å². The van der Waals surface area contributed by atoms with Crippen molar-refractivity contribution in [3.63, 3.8) is 0 Å². The van der Waals surface area contributed by atoms with E-state index in [1.807, 2.05) is 41.1 Å². The Morgan fingerprint density at radius 1 is 0.963 bits per heavy atom. The summed E-state index contributed by atoms with van der Waals surface area (Å²) in [6, 6.07) is 13.2. The van der Waals surface area contributed by atoms with Crippen LogP contribution in [0.4, 0.5) is 5.13 Å². The van der Waals surface area contributed by atoms with E-state index in [9.17, 15) is 9.59 Å². The Bertz CT molecular complexity index is 861. The molecule has 27 heavy (non-hydrogen) atoms. The van der Waals surface area contributed by atoms with Crippen molar-refractivity contribution in [1.82, 2.24) is 10.3 Å². The van der Waals surface area contributed by atoms with Gasteiger partial charge < -0.3 is 10.6 Å². The Balaban J connectivity index is 1.29. The Kier molecular flexibility index (Phi) is 7.12. The zero-order valence-electron chi connectivity index (χ0n) is 14.8. The molecule has 0 radical (unpaired) electrons. The van der Waals surface area contributed by atoms with Gasteiger partial charge in [-0.25, -0.2) is 4.98 Å². The number of rotatable bonds is 9. The van der Waals surface area contributed by atoms with Crippen LogP contribution in [0.15, 0.2) is 53.2 Å². The molecule has 2 heterocycles. The molecule has 0 unspecified atom stereocenters. The highest BCUT2D eigenvalue weighted by atomic mass is 32.1. The average Bonchev–Trinajstić information content (AvgIpc) is 3.36. The maximum atomic E-state index is 12.0. The van der Waals surface area contributed by atoms with E-state index in [0.29, 0.717) is 23.7 Å². The first-order valence-electron chi connectivity index (χ1n) is 8.85. The minimum Gasteiger partial charge on any atom is -0.352 e. The van der Waals surface area contributed by atoms with Crippen molar-refractivity contribution >= 4 is 39.6 Å². The minimum absolute atomic E-state index is 0.0181. The number of carbonyl (C=O) groups excluding carboxylic acids is 2. The molecule has 0 fully saturated rings. The SMILES string of the molecule is O=C(CCCCCNC(=O)c1ccccc1)Nc1nc(-c2cccs2)cs1. The zero-order valence-corrected chi connectivity index (χ0v) is 16.4. The Morgan fingerprint density at radius 3 is 2.59 bits per heavy atom. The van der Waals surface area contributed by atoms with Crippen molar-refractivity contribution in [2.24, 2.45) is 0 Å². The predicted molar refractivity (Wildman–Crippen MR) is 111 cm³/mol. The number of nitrogens with zero attached hydrogens (tertiary/aromatic N) is 1. The molecule has 3 rings (SSSR count). The highest BCUT2D eigenvalue weighted by Gasteiger charge is 2.08. The summed E-state index contributed by atoms with van der Waals surface area (Å²) in [4.78, 5) is 29.5. The number of thiophene rings is 1. The predicted octanol–water partition coefficient (Wildman–Crippen LogP) is 4.80. The highest BCUT2D eigenvalue weighted by Crippen LogP contribution is 2.28. The molecular formula is C20H21N3O2S2. The van der Waals surface area contributed by atoms with E-state index in [1.165, 1.54) is 11.3 Å². The van der Waals surface area contributed by atoms with Crippen molar-refractivity contribution in [2.45, 2.75) is 25.7 Å². The molecule has 2 N–H and O–H groups in total. The number of amides is 2. The molecular weight excluding hydrogens is 378 g/mol. The molecule has 0 saturated heterocycles. The highest BCUT2D eigenvalue weighted by molar-refractivity contribution is 7.16. The third kappa shape index (κ3) is 6.01. The lowest BCUT2D eigenvalue weighted by Gasteiger charge is -2.05. The van der Waals surface area contributed by atoms with Gasteiger partial charge in [0.05, 0.1) is 10.6 Å². The number of anilines is 1. The molecule has 0 atom stereocenters. The molecule has 0 aliphatic rings. The maximum absolute atomic E-state index is 12.0. The zero-order chi connectivity index (χ0) is 18.9. The number of hydrogen-bond donors (Lipinski definition) is 2. The van der Waals surface area contributed by atoms with E-state index in [1.54, 1.807) is 23.5 Å². The molecule has 0 saturated carbocycles. The van der Waals surface area contributed by atoms with Gasteiger partial charge in [-0.3, -0.25) is 9.59 Å². The summed E-state index contributed by atoms with van der Waals surface area (Å²) < 4.78 is 0. The van der Waals surface area contributed by atoms with Gasteiger partial charge in [0.2, 0.25) is 5.91 Å². The summed E-state index contributed by atoms with van der Waals surface area (Å²) in [5.41, 5.74) is 1.57. The van der Waals surface area contributed by atoms with Crippen LogP contribution in [-0.4, -0.2) is 23.3 Å². The normalized spacial score (nSPS) is 10.5. The lowest BCUT2D eigenvalue weighted by atomic mass is 10.1. The molecule has 0 aliphatic carbocycles. The van der Waals surface area contributed by atoms with Crippen LogP contribution in [0.2, 0.25) is 0 Å². The maximum Gasteiger partial charge on any atom is 0.251 e. The first kappa shape index (κ1) is 19.3. The number of thiazole rings is 1. The third-order valence-corrected chi connectivity index (χ3v) is 5.58. The number of unbranched alkanes of at least 4 members (excludes halogenated alkanes) is 2. The van der Waals surface area contributed by atoms with Crippen LogP contribution in [0.1, 0.15) is 36.0 Å². The van der Waals surface area contributed by atoms with E-state index < -0.39 is 0 Å². The lowest BCUT2D eigenvalue weighted by Crippen LogP contribution is -2.24. The third-order valence-electron chi connectivity index (χ3n) is 3.93. The van der Waals surface area contributed by atoms with Crippen LogP contribution in [0, 0.1) is 0 Å². The number of aromatic nitrogens is 1. The summed E-state index contributed by atoms with van der Waals surface area (Å²) in [7, 11) is 0. The number of benzene rings is 1. The van der Waals surface area contributed by atoms with Gasteiger partial charge in [-0.1, -0.05) is 30.7 Å². The van der Waals surface area contributed by atoms with Gasteiger partial charge >= 0.3 is 0 Å². The topological polar surface area (TPSA) is 71.1 Å². The Labute approximate surface area is 166 Å². The van der Waals surface area contributed by atoms with Crippen LogP contribution < -0.4 is 10.6 Å². The Hall–Kier alpha value is -2.51. The summed E-state index contributed by atoms with van der Waals surface area (Å²) in [6.45, 7) is 0.617. The van der Waals surface area contributed by atoms with Crippen LogP contribution in [0.25, 0.3) is 10.6 Å². The number of hydrogen-bond acceptors (Lipinski definition) is 5. The van der Waals surface area contributed by atoms with Crippen LogP contribution in [0.5, 0.6) is 0 Å². The molecule has 3 aromatic rings. The van der Waals surface area contributed by atoms with Crippen molar-refractivity contribution in [2.75, 3.05) is 11.9 Å². The van der Waals surface area contributed by atoms with Crippen molar-refractivity contribution < 1.29 is 9.59 Å². The van der Waals surface area contributed by atoms with Gasteiger partial charge in [0.15, 0.2) is 5.13 Å². The van der Waals surface area contributed by atoms with Crippen molar-refractivity contribution in [1.29, 1.82) is 0 Å². The second-order valence-corrected chi connectivity index (χ2v) is 7.80. The molecule has 2 aromatic heterocycles. The quantitative estimate of drug-likeness (QED) is 0.508. The van der Waals surface area contributed by atoms with E-state index >= 15 is 0 Å². The fourth-order valence-corrected chi connectivity index (χ4v) is 4.02. The minimum atomic E-state index is -0.0568. The first-order valence-corrected chi connectivity index (χ1v) is 10.6. The molecule has 5 nitrogen and oxygen atoms in total. The lowest BCUT2D eigenvalue weighted by molar-refractivity contribution is -0.116. The molecule has 140 valence electrons.